The Morgan fingerprint density at radius 3 is 2.90 bits per heavy atom. The van der Waals surface area contributed by atoms with Gasteiger partial charge in [-0.25, -0.2) is 0 Å². The maximum Gasteiger partial charge on any atom is 0.146 e. The van der Waals surface area contributed by atoms with E-state index in [0.717, 1.165) is 12.3 Å². The molecule has 0 bridgehead atoms. The molecule has 1 fully saturated rings. The van der Waals surface area contributed by atoms with E-state index in [4.69, 9.17) is 23.7 Å². The molecule has 0 aromatic carbocycles. The molecule has 7 nitrogen and oxygen atoms in total. The molecule has 1 saturated heterocycles. The third-order valence-electron chi connectivity index (χ3n) is 2.91. The SMILES string of the molecule is COCOC(COCc1ccnn1C)COCC1CO1. The van der Waals surface area contributed by atoms with Crippen molar-refractivity contribution in [3.63, 3.8) is 0 Å². The lowest BCUT2D eigenvalue weighted by Crippen LogP contribution is -2.27. The maximum absolute atomic E-state index is 5.64. The zero-order chi connectivity index (χ0) is 14.2. The average Bonchev–Trinajstić information content (AvgIpc) is 3.18. The highest BCUT2D eigenvalue weighted by atomic mass is 16.7. The minimum Gasteiger partial charge on any atom is -0.376 e. The Morgan fingerprint density at radius 2 is 2.25 bits per heavy atom. The van der Waals surface area contributed by atoms with E-state index in [1.165, 1.54) is 0 Å². The summed E-state index contributed by atoms with van der Waals surface area (Å²) >= 11 is 0. The van der Waals surface area contributed by atoms with Crippen LogP contribution in [0.2, 0.25) is 0 Å². The Hall–Kier alpha value is -0.990. The molecule has 7 heteroatoms. The first-order valence-electron chi connectivity index (χ1n) is 6.64. The lowest BCUT2D eigenvalue weighted by molar-refractivity contribution is -0.123. The number of methoxy groups -OCH3 is 1. The van der Waals surface area contributed by atoms with Crippen LogP contribution in [0, 0.1) is 0 Å². The van der Waals surface area contributed by atoms with Crippen molar-refractivity contribution in [2.24, 2.45) is 7.05 Å². The van der Waals surface area contributed by atoms with Crippen LogP contribution in [0.3, 0.4) is 0 Å². The molecule has 0 saturated carbocycles. The van der Waals surface area contributed by atoms with Crippen LogP contribution in [0.15, 0.2) is 12.3 Å². The van der Waals surface area contributed by atoms with Gasteiger partial charge >= 0.3 is 0 Å². The minimum atomic E-state index is -0.151. The first kappa shape index (κ1) is 15.4. The van der Waals surface area contributed by atoms with Gasteiger partial charge < -0.3 is 23.7 Å². The number of aryl methyl sites for hydroxylation is 1. The summed E-state index contributed by atoms with van der Waals surface area (Å²) < 4.78 is 28.4. The topological polar surface area (TPSA) is 67.3 Å². The fourth-order valence-corrected chi connectivity index (χ4v) is 1.64. The third kappa shape index (κ3) is 5.56. The lowest BCUT2D eigenvalue weighted by Gasteiger charge is -2.17. The molecule has 0 amide bonds. The van der Waals surface area contributed by atoms with E-state index in [1.807, 2.05) is 13.1 Å². The molecule has 0 radical (unpaired) electrons. The molecule has 1 aliphatic heterocycles. The van der Waals surface area contributed by atoms with E-state index in [2.05, 4.69) is 5.10 Å². The van der Waals surface area contributed by atoms with Crippen molar-refractivity contribution < 1.29 is 23.7 Å². The van der Waals surface area contributed by atoms with Crippen LogP contribution in [0.4, 0.5) is 0 Å². The molecule has 1 aliphatic rings. The molecule has 2 atom stereocenters. The summed E-state index contributed by atoms with van der Waals surface area (Å²) in [5.74, 6) is 0. The quantitative estimate of drug-likeness (QED) is 0.432. The maximum atomic E-state index is 5.64. The van der Waals surface area contributed by atoms with E-state index >= 15 is 0 Å². The molecule has 2 rings (SSSR count). The fourth-order valence-electron chi connectivity index (χ4n) is 1.64. The largest absolute Gasteiger partial charge is 0.376 e. The molecule has 114 valence electrons. The van der Waals surface area contributed by atoms with Crippen LogP contribution < -0.4 is 0 Å². The van der Waals surface area contributed by atoms with Gasteiger partial charge in [0, 0.05) is 20.4 Å². The van der Waals surface area contributed by atoms with Crippen molar-refractivity contribution in [2.45, 2.75) is 18.8 Å². The van der Waals surface area contributed by atoms with Gasteiger partial charge in [-0.1, -0.05) is 0 Å². The molecular formula is C13H22N2O5. The standard InChI is InChI=1S/C13H22N2O5/c1-15-11(3-4-14-15)5-17-6-12(20-10-16-2)7-18-8-13-9-19-13/h3-4,12-13H,5-10H2,1-2H3. The highest BCUT2D eigenvalue weighted by molar-refractivity contribution is 4.97. The number of ether oxygens (including phenoxy) is 5. The Bertz CT molecular complexity index is 381. The number of nitrogens with zero attached hydrogens (tertiary/aromatic N) is 2. The predicted molar refractivity (Wildman–Crippen MR) is 70.2 cm³/mol. The number of rotatable bonds is 11. The molecule has 1 aromatic heterocycles. The van der Waals surface area contributed by atoms with Gasteiger partial charge in [0.1, 0.15) is 19.0 Å². The molecule has 1 aromatic rings. The minimum absolute atomic E-state index is 0.151. The zero-order valence-corrected chi connectivity index (χ0v) is 12.0. The van der Waals surface area contributed by atoms with E-state index in [9.17, 15) is 0 Å². The summed E-state index contributed by atoms with van der Waals surface area (Å²) in [6, 6.07) is 1.92. The van der Waals surface area contributed by atoms with Gasteiger partial charge in [-0.2, -0.15) is 5.10 Å². The Balaban J connectivity index is 1.64. The summed E-state index contributed by atoms with van der Waals surface area (Å²) in [5.41, 5.74) is 1.02. The van der Waals surface area contributed by atoms with Crippen molar-refractivity contribution in [3.05, 3.63) is 18.0 Å². The van der Waals surface area contributed by atoms with Gasteiger partial charge in [-0.15, -0.1) is 0 Å². The van der Waals surface area contributed by atoms with Crippen molar-refractivity contribution in [2.75, 3.05) is 40.3 Å². The molecule has 2 unspecified atom stereocenters. The fraction of sp³-hybridized carbons (Fsp3) is 0.769. The summed E-state index contributed by atoms with van der Waals surface area (Å²) in [4.78, 5) is 0. The van der Waals surface area contributed by atoms with Gasteiger partial charge in [0.05, 0.1) is 38.7 Å². The van der Waals surface area contributed by atoms with Crippen LogP contribution >= 0.6 is 0 Å². The highest BCUT2D eigenvalue weighted by Gasteiger charge is 2.23. The van der Waals surface area contributed by atoms with E-state index in [-0.39, 0.29) is 19.0 Å². The van der Waals surface area contributed by atoms with Crippen LogP contribution in [0.1, 0.15) is 5.69 Å². The number of hydrogen-bond acceptors (Lipinski definition) is 6. The third-order valence-corrected chi connectivity index (χ3v) is 2.91. The van der Waals surface area contributed by atoms with E-state index < -0.39 is 0 Å². The van der Waals surface area contributed by atoms with Crippen LogP contribution in [-0.4, -0.2) is 62.3 Å². The summed E-state index contributed by atoms with van der Waals surface area (Å²) in [7, 11) is 3.47. The summed E-state index contributed by atoms with van der Waals surface area (Å²) in [6.45, 7) is 3.03. The van der Waals surface area contributed by atoms with E-state index in [0.29, 0.717) is 26.4 Å². The zero-order valence-electron chi connectivity index (χ0n) is 12.0. The number of aromatic nitrogens is 2. The van der Waals surface area contributed by atoms with Gasteiger partial charge in [-0.3, -0.25) is 4.68 Å². The number of epoxide rings is 1. The van der Waals surface area contributed by atoms with E-state index in [1.54, 1.807) is 18.0 Å². The molecule has 20 heavy (non-hydrogen) atoms. The molecule has 0 spiro atoms. The smallest absolute Gasteiger partial charge is 0.146 e. The lowest BCUT2D eigenvalue weighted by atomic mass is 10.4. The summed E-state index contributed by atoms with van der Waals surface area (Å²) in [5, 5.41) is 4.09. The van der Waals surface area contributed by atoms with Crippen LogP contribution in [0.25, 0.3) is 0 Å². The first-order chi connectivity index (χ1) is 9.79. The van der Waals surface area contributed by atoms with Crippen molar-refractivity contribution in [3.8, 4) is 0 Å². The first-order valence-corrected chi connectivity index (χ1v) is 6.64. The Morgan fingerprint density at radius 1 is 1.45 bits per heavy atom. The average molecular weight is 286 g/mol. The summed E-state index contributed by atoms with van der Waals surface area (Å²) in [6.07, 6.45) is 1.85. The normalized spacial score (nSPS) is 19.2. The number of hydrogen-bond donors (Lipinski definition) is 0. The second-order valence-corrected chi connectivity index (χ2v) is 4.65. The molecule has 0 N–H and O–H groups in total. The van der Waals surface area contributed by atoms with Crippen LogP contribution in [-0.2, 0) is 37.3 Å². The van der Waals surface area contributed by atoms with Gasteiger partial charge in [-0.05, 0) is 6.07 Å². The predicted octanol–water partition coefficient (Wildman–Crippen LogP) is 0.341. The van der Waals surface area contributed by atoms with Crippen LogP contribution in [0.5, 0.6) is 0 Å². The molecular weight excluding hydrogens is 264 g/mol. The Kier molecular flexibility index (Phi) is 6.41. The van der Waals surface area contributed by atoms with Gasteiger partial charge in [0.15, 0.2) is 0 Å². The monoisotopic (exact) mass is 286 g/mol. The van der Waals surface area contributed by atoms with Crippen molar-refractivity contribution in [1.82, 2.24) is 9.78 Å². The second kappa shape index (κ2) is 8.33. The van der Waals surface area contributed by atoms with Crippen molar-refractivity contribution in [1.29, 1.82) is 0 Å². The Labute approximate surface area is 118 Å². The molecule has 0 aliphatic carbocycles. The van der Waals surface area contributed by atoms with Crippen molar-refractivity contribution >= 4 is 0 Å². The second-order valence-electron chi connectivity index (χ2n) is 4.65. The highest BCUT2D eigenvalue weighted by Crippen LogP contribution is 2.09. The molecule has 2 heterocycles. The van der Waals surface area contributed by atoms with Gasteiger partial charge in [0.2, 0.25) is 0 Å². The van der Waals surface area contributed by atoms with Gasteiger partial charge in [0.25, 0.3) is 0 Å².